The van der Waals surface area contributed by atoms with Crippen LogP contribution in [0.5, 0.6) is 0 Å². The molecule has 1 aromatic carbocycles. The van der Waals surface area contributed by atoms with Gasteiger partial charge < -0.3 is 10.6 Å². The molecular formula is C14H14ClN3O. The summed E-state index contributed by atoms with van der Waals surface area (Å²) in [4.78, 5) is 16.0. The number of nitrogens with zero attached hydrogens (tertiary/aromatic N) is 1. The van der Waals surface area contributed by atoms with Gasteiger partial charge >= 0.3 is 0 Å². The van der Waals surface area contributed by atoms with Crippen molar-refractivity contribution in [1.29, 1.82) is 0 Å². The van der Waals surface area contributed by atoms with Gasteiger partial charge in [0.25, 0.3) is 5.91 Å². The first-order chi connectivity index (χ1) is 9.19. The molecule has 0 aliphatic rings. The van der Waals surface area contributed by atoms with Gasteiger partial charge in [-0.2, -0.15) is 0 Å². The van der Waals surface area contributed by atoms with Crippen molar-refractivity contribution in [1.82, 2.24) is 4.98 Å². The fraction of sp³-hybridized carbons (Fsp3) is 0.143. The monoisotopic (exact) mass is 275 g/mol. The summed E-state index contributed by atoms with van der Waals surface area (Å²) in [5, 5.41) is 6.41. The minimum Gasteiger partial charge on any atom is -0.385 e. The van der Waals surface area contributed by atoms with E-state index in [1.165, 1.54) is 6.20 Å². The lowest BCUT2D eigenvalue weighted by Crippen LogP contribution is -2.12. The molecule has 2 aromatic rings. The normalized spacial score (nSPS) is 10.0. The highest BCUT2D eigenvalue weighted by molar-refractivity contribution is 6.30. The third-order valence-corrected chi connectivity index (χ3v) is 2.72. The Kier molecular flexibility index (Phi) is 4.36. The van der Waals surface area contributed by atoms with Crippen LogP contribution >= 0.6 is 11.6 Å². The molecule has 0 bridgehead atoms. The molecule has 19 heavy (non-hydrogen) atoms. The molecule has 5 heteroatoms. The molecule has 0 aliphatic carbocycles. The van der Waals surface area contributed by atoms with Gasteiger partial charge in [-0.25, -0.2) is 4.98 Å². The largest absolute Gasteiger partial charge is 0.385 e. The summed E-state index contributed by atoms with van der Waals surface area (Å²) in [7, 11) is 0. The highest BCUT2D eigenvalue weighted by Crippen LogP contribution is 2.13. The van der Waals surface area contributed by atoms with Gasteiger partial charge in [0.15, 0.2) is 0 Å². The van der Waals surface area contributed by atoms with E-state index in [2.05, 4.69) is 15.6 Å². The molecule has 1 heterocycles. The van der Waals surface area contributed by atoms with Gasteiger partial charge in [0.2, 0.25) is 0 Å². The first-order valence-corrected chi connectivity index (χ1v) is 6.33. The van der Waals surface area contributed by atoms with Crippen LogP contribution in [0.1, 0.15) is 17.3 Å². The Morgan fingerprint density at radius 1 is 1.21 bits per heavy atom. The lowest BCUT2D eigenvalue weighted by molar-refractivity contribution is 0.102. The topological polar surface area (TPSA) is 54.0 Å². The van der Waals surface area contributed by atoms with Gasteiger partial charge in [-0.05, 0) is 43.3 Å². The van der Waals surface area contributed by atoms with Gasteiger partial charge in [-0.3, -0.25) is 4.79 Å². The van der Waals surface area contributed by atoms with Crippen molar-refractivity contribution in [3.8, 4) is 0 Å². The van der Waals surface area contributed by atoms with Crippen LogP contribution in [0.4, 0.5) is 11.5 Å². The summed E-state index contributed by atoms with van der Waals surface area (Å²) in [5.41, 5.74) is 1.57. The minimum absolute atomic E-state index is 0.196. The zero-order valence-electron chi connectivity index (χ0n) is 10.5. The average molecular weight is 276 g/mol. The number of carbonyl (C=O) groups excluding carboxylic acids is 1. The van der Waals surface area contributed by atoms with E-state index in [0.29, 0.717) is 16.4 Å². The van der Waals surface area contributed by atoms with Crippen LogP contribution in [0.3, 0.4) is 0 Å². The molecule has 0 atom stereocenters. The van der Waals surface area contributed by atoms with Gasteiger partial charge in [-0.15, -0.1) is 0 Å². The van der Waals surface area contributed by atoms with Crippen LogP contribution in [-0.2, 0) is 0 Å². The lowest BCUT2D eigenvalue weighted by Gasteiger charge is -2.06. The number of pyridine rings is 1. The van der Waals surface area contributed by atoms with Gasteiger partial charge in [0.05, 0.1) is 5.02 Å². The van der Waals surface area contributed by atoms with Crippen molar-refractivity contribution in [2.45, 2.75) is 6.92 Å². The predicted molar refractivity (Wildman–Crippen MR) is 77.8 cm³/mol. The molecule has 1 amide bonds. The van der Waals surface area contributed by atoms with Gasteiger partial charge in [0, 0.05) is 24.0 Å². The van der Waals surface area contributed by atoms with E-state index in [4.69, 9.17) is 11.6 Å². The molecule has 0 fully saturated rings. The summed E-state index contributed by atoms with van der Waals surface area (Å²) in [5.74, 6) is 0.281. The number of anilines is 2. The minimum atomic E-state index is -0.196. The Morgan fingerprint density at radius 2 is 1.95 bits per heavy atom. The number of hydrogen-bond donors (Lipinski definition) is 2. The number of aromatic nitrogens is 1. The molecular weight excluding hydrogens is 262 g/mol. The molecule has 2 rings (SSSR count). The third kappa shape index (κ3) is 3.69. The SMILES string of the molecule is CCNc1ccc(C(=O)Nc2ccc(Cl)cn2)cc1. The van der Waals surface area contributed by atoms with Crippen molar-refractivity contribution in [3.05, 3.63) is 53.2 Å². The molecule has 0 radical (unpaired) electrons. The molecule has 1 aromatic heterocycles. The van der Waals surface area contributed by atoms with Gasteiger partial charge in [0.1, 0.15) is 5.82 Å². The molecule has 0 spiro atoms. The van der Waals surface area contributed by atoms with Crippen LogP contribution in [0.25, 0.3) is 0 Å². The van der Waals surface area contributed by atoms with Crippen LogP contribution in [0.2, 0.25) is 5.02 Å². The molecule has 0 saturated heterocycles. The van der Waals surface area contributed by atoms with Crippen LogP contribution in [-0.4, -0.2) is 17.4 Å². The fourth-order valence-corrected chi connectivity index (χ4v) is 1.69. The Bertz CT molecular complexity index is 552. The molecule has 0 aliphatic heterocycles. The number of halogens is 1. The summed E-state index contributed by atoms with van der Waals surface area (Å²) in [6.45, 7) is 2.87. The molecule has 98 valence electrons. The number of hydrogen-bond acceptors (Lipinski definition) is 3. The van der Waals surface area contributed by atoms with Crippen molar-refractivity contribution in [3.63, 3.8) is 0 Å². The Hall–Kier alpha value is -2.07. The third-order valence-electron chi connectivity index (χ3n) is 2.50. The van der Waals surface area contributed by atoms with Crippen molar-refractivity contribution < 1.29 is 4.79 Å². The molecule has 0 unspecified atom stereocenters. The molecule has 0 saturated carbocycles. The number of rotatable bonds is 4. The maximum absolute atomic E-state index is 12.0. The van der Waals surface area contributed by atoms with Crippen LogP contribution in [0.15, 0.2) is 42.6 Å². The Morgan fingerprint density at radius 3 is 2.53 bits per heavy atom. The molecule has 2 N–H and O–H groups in total. The second kappa shape index (κ2) is 6.20. The fourth-order valence-electron chi connectivity index (χ4n) is 1.58. The lowest BCUT2D eigenvalue weighted by atomic mass is 10.2. The van der Waals surface area contributed by atoms with Gasteiger partial charge in [-0.1, -0.05) is 11.6 Å². The van der Waals surface area contributed by atoms with E-state index >= 15 is 0 Å². The summed E-state index contributed by atoms with van der Waals surface area (Å²) >= 11 is 5.73. The number of carbonyl (C=O) groups is 1. The second-order valence-electron chi connectivity index (χ2n) is 3.92. The van der Waals surface area contributed by atoms with Crippen LogP contribution < -0.4 is 10.6 Å². The second-order valence-corrected chi connectivity index (χ2v) is 4.36. The van der Waals surface area contributed by atoms with E-state index in [-0.39, 0.29) is 5.91 Å². The first-order valence-electron chi connectivity index (χ1n) is 5.96. The average Bonchev–Trinajstić information content (AvgIpc) is 2.42. The maximum Gasteiger partial charge on any atom is 0.256 e. The number of amides is 1. The van der Waals surface area contributed by atoms with E-state index in [9.17, 15) is 4.79 Å². The highest BCUT2D eigenvalue weighted by Gasteiger charge is 2.06. The van der Waals surface area contributed by atoms with Crippen molar-refractivity contribution in [2.24, 2.45) is 0 Å². The number of nitrogens with one attached hydrogen (secondary N) is 2. The van der Waals surface area contributed by atoms with E-state index in [0.717, 1.165) is 12.2 Å². The summed E-state index contributed by atoms with van der Waals surface area (Å²) in [6.07, 6.45) is 1.49. The number of benzene rings is 1. The maximum atomic E-state index is 12.0. The quantitative estimate of drug-likeness (QED) is 0.899. The van der Waals surface area contributed by atoms with Crippen molar-refractivity contribution >= 4 is 29.0 Å². The summed E-state index contributed by atoms with van der Waals surface area (Å²) < 4.78 is 0. The Balaban J connectivity index is 2.05. The van der Waals surface area contributed by atoms with Crippen molar-refractivity contribution in [2.75, 3.05) is 17.2 Å². The molecule has 4 nitrogen and oxygen atoms in total. The smallest absolute Gasteiger partial charge is 0.256 e. The predicted octanol–water partition coefficient (Wildman–Crippen LogP) is 3.42. The zero-order chi connectivity index (χ0) is 13.7. The standard InChI is InChI=1S/C14H14ClN3O/c1-2-16-12-6-3-10(4-7-12)14(19)18-13-8-5-11(15)9-17-13/h3-9,16H,2H2,1H3,(H,17,18,19). The Labute approximate surface area is 116 Å². The zero-order valence-corrected chi connectivity index (χ0v) is 11.2. The van der Waals surface area contributed by atoms with E-state index < -0.39 is 0 Å². The van der Waals surface area contributed by atoms with Crippen LogP contribution in [0, 0.1) is 0 Å². The van der Waals surface area contributed by atoms with E-state index in [1.807, 2.05) is 19.1 Å². The van der Waals surface area contributed by atoms with E-state index in [1.54, 1.807) is 24.3 Å². The first kappa shape index (κ1) is 13.4. The summed E-state index contributed by atoms with van der Waals surface area (Å²) in [6, 6.07) is 10.6. The highest BCUT2D eigenvalue weighted by atomic mass is 35.5.